The fourth-order valence-corrected chi connectivity index (χ4v) is 2.80. The van der Waals surface area contributed by atoms with Crippen LogP contribution in [0.5, 0.6) is 0 Å². The molecular formula is C14H27F2NO4S. The smallest absolute Gasteiger partial charge is 0.379 e. The van der Waals surface area contributed by atoms with Crippen molar-refractivity contribution in [2.24, 2.45) is 0 Å². The topological polar surface area (TPSA) is 64.6 Å². The monoisotopic (exact) mass is 343 g/mol. The van der Waals surface area contributed by atoms with Crippen LogP contribution in [0.25, 0.3) is 0 Å². The lowest BCUT2D eigenvalue weighted by molar-refractivity contribution is -0.185. The van der Waals surface area contributed by atoms with Gasteiger partial charge < -0.3 is 9.47 Å². The van der Waals surface area contributed by atoms with Crippen LogP contribution >= 0.6 is 0 Å². The Bertz CT molecular complexity index is 399. The molecule has 2 atom stereocenters. The van der Waals surface area contributed by atoms with Gasteiger partial charge in [-0.15, -0.1) is 0 Å². The van der Waals surface area contributed by atoms with Gasteiger partial charge >= 0.3 is 11.9 Å². The Morgan fingerprint density at radius 3 is 2.14 bits per heavy atom. The van der Waals surface area contributed by atoms with Crippen molar-refractivity contribution in [2.75, 3.05) is 20.3 Å². The van der Waals surface area contributed by atoms with E-state index in [0.29, 0.717) is 0 Å². The third kappa shape index (κ3) is 4.96. The summed E-state index contributed by atoms with van der Waals surface area (Å²) in [5.41, 5.74) is -1.99. The molecule has 0 aliphatic heterocycles. The zero-order chi connectivity index (χ0) is 17.6. The summed E-state index contributed by atoms with van der Waals surface area (Å²) in [6.07, 6.45) is -0.280. The maximum Gasteiger partial charge on any atom is 0.379 e. The molecule has 1 unspecified atom stereocenters. The van der Waals surface area contributed by atoms with Crippen molar-refractivity contribution >= 4 is 17.0 Å². The molecular weight excluding hydrogens is 316 g/mol. The van der Waals surface area contributed by atoms with Crippen LogP contribution in [0.2, 0.25) is 0 Å². The Kier molecular flexibility index (Phi) is 8.08. The van der Waals surface area contributed by atoms with Crippen LogP contribution in [0.1, 0.15) is 47.5 Å². The molecule has 0 heterocycles. The number of rotatable bonds is 9. The van der Waals surface area contributed by atoms with Crippen LogP contribution in [0.15, 0.2) is 0 Å². The lowest BCUT2D eigenvalue weighted by Crippen LogP contribution is -2.64. The molecule has 8 heteroatoms. The average Bonchev–Trinajstić information content (AvgIpc) is 2.42. The van der Waals surface area contributed by atoms with Gasteiger partial charge in [0.1, 0.15) is 5.54 Å². The molecule has 0 rings (SSSR count). The van der Waals surface area contributed by atoms with E-state index in [1.165, 1.54) is 21.0 Å². The first-order valence-electron chi connectivity index (χ1n) is 7.22. The van der Waals surface area contributed by atoms with Crippen molar-refractivity contribution in [3.8, 4) is 0 Å². The second kappa shape index (κ2) is 8.31. The predicted molar refractivity (Wildman–Crippen MR) is 82.1 cm³/mol. The van der Waals surface area contributed by atoms with Gasteiger partial charge in [-0.25, -0.2) is 13.7 Å². The van der Waals surface area contributed by atoms with Gasteiger partial charge in [0.2, 0.25) is 0 Å². The van der Waals surface area contributed by atoms with Crippen LogP contribution < -0.4 is 4.72 Å². The Labute approximate surface area is 133 Å². The molecule has 0 aliphatic rings. The summed E-state index contributed by atoms with van der Waals surface area (Å²) in [5.74, 6) is -5.44. The van der Waals surface area contributed by atoms with Crippen LogP contribution in [0, 0.1) is 0 Å². The van der Waals surface area contributed by atoms with Crippen molar-refractivity contribution in [1.29, 1.82) is 0 Å². The van der Waals surface area contributed by atoms with Crippen molar-refractivity contribution in [3.05, 3.63) is 0 Å². The van der Waals surface area contributed by atoms with Gasteiger partial charge in [-0.3, -0.25) is 0 Å². The number of hydrogen-bond acceptors (Lipinski definition) is 4. The molecule has 0 aromatic carbocycles. The van der Waals surface area contributed by atoms with Crippen LogP contribution in [0.3, 0.4) is 0 Å². The summed E-state index contributed by atoms with van der Waals surface area (Å²) in [7, 11) is -0.392. The van der Waals surface area contributed by atoms with Gasteiger partial charge in [0, 0.05) is 13.7 Å². The minimum atomic E-state index is -3.82. The molecule has 0 amide bonds. The van der Waals surface area contributed by atoms with Crippen molar-refractivity contribution in [1.82, 2.24) is 4.72 Å². The Balaban J connectivity index is 5.67. The van der Waals surface area contributed by atoms with E-state index in [1.54, 1.807) is 20.8 Å². The van der Waals surface area contributed by atoms with Gasteiger partial charge in [-0.2, -0.15) is 8.78 Å². The molecule has 0 radical (unpaired) electrons. The predicted octanol–water partition coefficient (Wildman–Crippen LogP) is 2.42. The number of carbonyl (C=O) groups is 1. The Morgan fingerprint density at radius 1 is 1.23 bits per heavy atom. The number of hydrogen-bond donors (Lipinski definition) is 1. The van der Waals surface area contributed by atoms with Crippen LogP contribution in [-0.2, 0) is 25.3 Å². The molecule has 5 nitrogen and oxygen atoms in total. The molecule has 22 heavy (non-hydrogen) atoms. The summed E-state index contributed by atoms with van der Waals surface area (Å²) in [4.78, 5) is 11.7. The quantitative estimate of drug-likeness (QED) is 0.653. The lowest BCUT2D eigenvalue weighted by Gasteiger charge is -2.40. The maximum absolute atomic E-state index is 14.7. The highest BCUT2D eigenvalue weighted by atomic mass is 32.2. The number of esters is 1. The van der Waals surface area contributed by atoms with Crippen molar-refractivity contribution < 1.29 is 27.3 Å². The molecule has 132 valence electrons. The molecule has 0 aromatic rings. The SMILES string of the molecule is CCOC(=O)C(F)(F)C(CC)(CCOC)N[S@@](=O)C(C)(C)C. The molecule has 0 aromatic heterocycles. The molecule has 0 bridgehead atoms. The third-order valence-corrected chi connectivity index (χ3v) is 5.00. The van der Waals surface area contributed by atoms with E-state index in [2.05, 4.69) is 9.46 Å². The summed E-state index contributed by atoms with van der Waals surface area (Å²) >= 11 is 0. The minimum Gasteiger partial charge on any atom is -0.462 e. The molecule has 1 N–H and O–H groups in total. The van der Waals surface area contributed by atoms with Gasteiger partial charge in [0.25, 0.3) is 0 Å². The molecule has 0 aliphatic carbocycles. The Hall–Kier alpha value is -0.600. The van der Waals surface area contributed by atoms with E-state index in [1.807, 2.05) is 0 Å². The van der Waals surface area contributed by atoms with Crippen LogP contribution in [0.4, 0.5) is 8.78 Å². The summed E-state index contributed by atoms with van der Waals surface area (Å²) in [6, 6.07) is 0. The van der Waals surface area contributed by atoms with E-state index in [-0.39, 0.29) is 26.1 Å². The first-order chi connectivity index (χ1) is 9.98. The Morgan fingerprint density at radius 2 is 1.77 bits per heavy atom. The molecule has 0 saturated carbocycles. The zero-order valence-corrected chi connectivity index (χ0v) is 14.9. The first-order valence-corrected chi connectivity index (χ1v) is 8.37. The van der Waals surface area contributed by atoms with Gasteiger partial charge in [-0.05, 0) is 40.5 Å². The lowest BCUT2D eigenvalue weighted by atomic mass is 9.86. The summed E-state index contributed by atoms with van der Waals surface area (Å²) in [6.45, 7) is 7.80. The second-order valence-corrected chi connectivity index (χ2v) is 7.92. The van der Waals surface area contributed by atoms with Crippen molar-refractivity contribution in [3.63, 3.8) is 0 Å². The first kappa shape index (κ1) is 21.4. The fraction of sp³-hybridized carbons (Fsp3) is 0.929. The van der Waals surface area contributed by atoms with Gasteiger partial charge in [0.05, 0.1) is 22.3 Å². The van der Waals surface area contributed by atoms with E-state index in [9.17, 15) is 17.8 Å². The fourth-order valence-electron chi connectivity index (χ4n) is 1.77. The third-order valence-electron chi connectivity index (χ3n) is 3.31. The normalized spacial score (nSPS) is 16.9. The maximum atomic E-state index is 14.7. The average molecular weight is 343 g/mol. The number of methoxy groups -OCH3 is 1. The van der Waals surface area contributed by atoms with Crippen LogP contribution in [-0.4, -0.2) is 46.7 Å². The number of alkyl halides is 2. The second-order valence-electron chi connectivity index (χ2n) is 5.96. The highest BCUT2D eigenvalue weighted by Crippen LogP contribution is 2.37. The number of ether oxygens (including phenoxy) is 2. The van der Waals surface area contributed by atoms with Crippen molar-refractivity contribution in [2.45, 2.75) is 63.7 Å². The molecule has 0 spiro atoms. The number of halogens is 2. The molecule has 0 saturated heterocycles. The highest BCUT2D eigenvalue weighted by molar-refractivity contribution is 7.84. The highest BCUT2D eigenvalue weighted by Gasteiger charge is 2.60. The van der Waals surface area contributed by atoms with E-state index < -0.39 is 33.2 Å². The van der Waals surface area contributed by atoms with E-state index in [4.69, 9.17) is 4.74 Å². The largest absolute Gasteiger partial charge is 0.462 e. The minimum absolute atomic E-state index is 0.00280. The number of carbonyl (C=O) groups excluding carboxylic acids is 1. The van der Waals surface area contributed by atoms with Gasteiger partial charge in [0.15, 0.2) is 0 Å². The summed E-state index contributed by atoms with van der Waals surface area (Å²) in [5, 5.41) is 0. The molecule has 0 fully saturated rings. The number of nitrogens with one attached hydrogen (secondary N) is 1. The zero-order valence-electron chi connectivity index (χ0n) is 14.1. The van der Waals surface area contributed by atoms with E-state index in [0.717, 1.165) is 0 Å². The standard InChI is InChI=1S/C14H27F2NO4S/c1-7-13(9-10-20-6,17-22(19)12(3,4)5)14(15,16)11(18)21-8-2/h17H,7-10H2,1-6H3/t13?,22-/m0/s1. The van der Waals surface area contributed by atoms with E-state index >= 15 is 0 Å². The van der Waals surface area contributed by atoms with Gasteiger partial charge in [-0.1, -0.05) is 6.92 Å². The summed E-state index contributed by atoms with van der Waals surface area (Å²) < 4.78 is 52.7.